The van der Waals surface area contributed by atoms with E-state index in [0.29, 0.717) is 22.9 Å². The maximum Gasteiger partial charge on any atom is 0.325 e. The summed E-state index contributed by atoms with van der Waals surface area (Å²) in [5.74, 6) is -2.47. The van der Waals surface area contributed by atoms with E-state index < -0.39 is 24.4 Å². The Balaban J connectivity index is 0.000000235. The van der Waals surface area contributed by atoms with Gasteiger partial charge in [0.2, 0.25) is 17.7 Å². The molecule has 3 amide bonds. The van der Waals surface area contributed by atoms with Crippen LogP contribution in [-0.4, -0.2) is 73.2 Å². The van der Waals surface area contributed by atoms with Gasteiger partial charge >= 0.3 is 11.9 Å². The fraction of sp³-hybridized carbons (Fsp3) is 0.190. The average molecular weight is 1030 g/mol. The number of carboxylic acids is 1. The Morgan fingerprint density at radius 1 is 0.458 bits per heavy atom. The first kappa shape index (κ1) is 57.3. The smallest absolute Gasteiger partial charge is 0.325 e. The van der Waals surface area contributed by atoms with Crippen LogP contribution in [0.2, 0.25) is 15.1 Å². The SMILES string of the molecule is COC(=O)CNC(=O)/C=C(\CCc1ccc(Cl)cc1)c1ccccc1.O=C(/C=C(/CCc1ccc(Cl)cc1)c1ccccc1)NCCO.O=C(O)CNC(=O)/C=C(/CCc1ccc(Cl)cc1)c1ccccc1. The summed E-state index contributed by atoms with van der Waals surface area (Å²) in [6.45, 7) is -0.348. The molecular weight excluding hydrogens is 973 g/mol. The van der Waals surface area contributed by atoms with Crippen LogP contribution in [0.3, 0.4) is 0 Å². The number of hydrogen-bond acceptors (Lipinski definition) is 7. The number of aliphatic hydroxyl groups excluding tert-OH is 1. The fourth-order valence-electron chi connectivity index (χ4n) is 6.85. The lowest BCUT2D eigenvalue weighted by Gasteiger charge is -2.09. The molecule has 0 unspecified atom stereocenters. The molecule has 14 heteroatoms. The van der Waals surface area contributed by atoms with Crippen molar-refractivity contribution in [3.8, 4) is 0 Å². The van der Waals surface area contributed by atoms with E-state index >= 15 is 0 Å². The predicted octanol–water partition coefficient (Wildman–Crippen LogP) is 10.7. The molecule has 6 aromatic rings. The molecule has 374 valence electrons. The molecular formula is C58H58Cl3N3O8. The monoisotopic (exact) mass is 1030 g/mol. The fourth-order valence-corrected chi connectivity index (χ4v) is 7.23. The van der Waals surface area contributed by atoms with Crippen molar-refractivity contribution in [1.29, 1.82) is 0 Å². The van der Waals surface area contributed by atoms with Gasteiger partial charge in [0.15, 0.2) is 0 Å². The Labute approximate surface area is 436 Å². The van der Waals surface area contributed by atoms with Gasteiger partial charge in [-0.1, -0.05) is 162 Å². The molecule has 6 aromatic carbocycles. The number of hydrogen-bond donors (Lipinski definition) is 5. The largest absolute Gasteiger partial charge is 0.480 e. The third kappa shape index (κ3) is 23.1. The van der Waals surface area contributed by atoms with E-state index in [-0.39, 0.29) is 31.5 Å². The van der Waals surface area contributed by atoms with Crippen LogP contribution in [0.25, 0.3) is 16.7 Å². The minimum atomic E-state index is -1.07. The Hall–Kier alpha value is -7.28. The zero-order valence-corrected chi connectivity index (χ0v) is 42.1. The first-order valence-electron chi connectivity index (χ1n) is 23.1. The molecule has 0 atom stereocenters. The first-order chi connectivity index (χ1) is 34.8. The standard InChI is InChI=1S/C20H20ClNO3.C19H18ClNO3.C19H20ClNO2/c1-25-20(24)14-22-19(23)13-17(16-5-3-2-4-6-16)10-7-15-8-11-18(21)12-9-15;20-17-10-7-14(8-11-17)6-9-16(15-4-2-1-3-5-15)12-18(22)21-13-19(23)24;20-18-10-7-15(8-11-18)6-9-17(14-19(23)21-12-13-22)16-4-2-1-3-5-16/h2-6,8-9,11-13H,7,10,14H2,1H3,(H,22,23);1-5,7-8,10-12H,6,9,13H2,(H,21,22)(H,23,24);1-5,7-8,10-11,14,22H,6,9,12-13H2,(H,21,23)/b17-13+;16-12-;17-14-. The van der Waals surface area contributed by atoms with Crippen molar-refractivity contribution in [2.75, 3.05) is 33.4 Å². The van der Waals surface area contributed by atoms with E-state index in [1.165, 1.54) is 24.8 Å². The molecule has 72 heavy (non-hydrogen) atoms. The second-order valence-corrected chi connectivity index (χ2v) is 17.2. The summed E-state index contributed by atoms with van der Waals surface area (Å²) < 4.78 is 4.52. The van der Waals surface area contributed by atoms with E-state index in [4.69, 9.17) is 45.0 Å². The number of benzene rings is 6. The van der Waals surface area contributed by atoms with Gasteiger partial charge in [-0.05, 0) is 125 Å². The van der Waals surface area contributed by atoms with E-state index in [0.717, 1.165) is 75.2 Å². The number of carbonyl (C=O) groups is 5. The number of amides is 3. The van der Waals surface area contributed by atoms with Gasteiger partial charge in [0.1, 0.15) is 13.1 Å². The number of esters is 1. The van der Waals surface area contributed by atoms with Crippen molar-refractivity contribution in [3.63, 3.8) is 0 Å². The highest BCUT2D eigenvalue weighted by molar-refractivity contribution is 6.31. The van der Waals surface area contributed by atoms with E-state index in [1.54, 1.807) is 6.08 Å². The van der Waals surface area contributed by atoms with Crippen molar-refractivity contribution < 1.29 is 38.9 Å². The average Bonchev–Trinajstić information content (AvgIpc) is 3.40. The number of carbonyl (C=O) groups excluding carboxylic acids is 4. The second-order valence-electron chi connectivity index (χ2n) is 15.9. The van der Waals surface area contributed by atoms with Gasteiger partial charge in [0.05, 0.1) is 13.7 Å². The lowest BCUT2D eigenvalue weighted by Crippen LogP contribution is -2.28. The Morgan fingerprint density at radius 2 is 0.764 bits per heavy atom. The lowest BCUT2D eigenvalue weighted by molar-refractivity contribution is -0.140. The molecule has 0 aliphatic heterocycles. The van der Waals surface area contributed by atoms with Gasteiger partial charge in [-0.25, -0.2) is 0 Å². The summed E-state index contributed by atoms with van der Waals surface area (Å²) in [6.07, 6.45) is 9.07. The number of rotatable bonds is 21. The number of ether oxygens (including phenoxy) is 1. The summed E-state index contributed by atoms with van der Waals surface area (Å²) in [5.41, 5.74) is 9.10. The highest BCUT2D eigenvalue weighted by Gasteiger charge is 2.10. The summed E-state index contributed by atoms with van der Waals surface area (Å²) in [6, 6.07) is 52.1. The van der Waals surface area contributed by atoms with Crippen LogP contribution in [-0.2, 0) is 48.0 Å². The van der Waals surface area contributed by atoms with Crippen LogP contribution >= 0.6 is 34.8 Å². The summed E-state index contributed by atoms with van der Waals surface area (Å²) in [4.78, 5) is 57.6. The molecule has 0 heterocycles. The van der Waals surface area contributed by atoms with Gasteiger partial charge in [-0.15, -0.1) is 0 Å². The van der Waals surface area contributed by atoms with Crippen LogP contribution in [0.1, 0.15) is 52.6 Å². The summed E-state index contributed by atoms with van der Waals surface area (Å²) in [7, 11) is 1.28. The summed E-state index contributed by atoms with van der Waals surface area (Å²) >= 11 is 17.7. The Morgan fingerprint density at radius 3 is 1.06 bits per heavy atom. The molecule has 0 aliphatic rings. The molecule has 5 N–H and O–H groups in total. The molecule has 0 aromatic heterocycles. The van der Waals surface area contributed by atoms with Crippen LogP contribution in [0.5, 0.6) is 0 Å². The van der Waals surface area contributed by atoms with E-state index in [1.807, 2.05) is 164 Å². The number of methoxy groups -OCH3 is 1. The minimum Gasteiger partial charge on any atom is -0.480 e. The molecule has 6 rings (SSSR count). The maximum absolute atomic E-state index is 12.1. The van der Waals surface area contributed by atoms with Gasteiger partial charge in [-0.2, -0.15) is 0 Å². The quantitative estimate of drug-likeness (QED) is 0.0350. The highest BCUT2D eigenvalue weighted by Crippen LogP contribution is 2.24. The molecule has 0 radical (unpaired) electrons. The molecule has 0 fully saturated rings. The lowest BCUT2D eigenvalue weighted by atomic mass is 9.98. The van der Waals surface area contributed by atoms with Crippen molar-refractivity contribution in [3.05, 3.63) is 230 Å². The number of halogens is 3. The normalized spacial score (nSPS) is 11.2. The first-order valence-corrected chi connectivity index (χ1v) is 24.2. The summed E-state index contributed by atoms with van der Waals surface area (Å²) in [5, 5.41) is 27.1. The predicted molar refractivity (Wildman–Crippen MR) is 288 cm³/mol. The number of allylic oxidation sites excluding steroid dienone is 3. The third-order valence-electron chi connectivity index (χ3n) is 10.6. The highest BCUT2D eigenvalue weighted by atomic mass is 35.5. The molecule has 0 saturated heterocycles. The van der Waals surface area contributed by atoms with Crippen LogP contribution in [0.4, 0.5) is 0 Å². The molecule has 0 bridgehead atoms. The van der Waals surface area contributed by atoms with Gasteiger partial charge < -0.3 is 30.9 Å². The molecule has 11 nitrogen and oxygen atoms in total. The third-order valence-corrected chi connectivity index (χ3v) is 11.4. The number of aliphatic carboxylic acids is 1. The zero-order valence-electron chi connectivity index (χ0n) is 39.9. The van der Waals surface area contributed by atoms with Crippen LogP contribution in [0, 0.1) is 0 Å². The van der Waals surface area contributed by atoms with Gasteiger partial charge in [0.25, 0.3) is 0 Å². The molecule has 0 spiro atoms. The number of aryl methyl sites for hydroxylation is 3. The van der Waals surface area contributed by atoms with Crippen molar-refractivity contribution in [2.45, 2.75) is 38.5 Å². The Kier molecular flexibility index (Phi) is 25.9. The van der Waals surface area contributed by atoms with Crippen molar-refractivity contribution in [2.24, 2.45) is 0 Å². The second kappa shape index (κ2) is 32.6. The maximum atomic E-state index is 12.1. The van der Waals surface area contributed by atoms with Crippen LogP contribution < -0.4 is 16.0 Å². The molecule has 0 saturated carbocycles. The van der Waals surface area contributed by atoms with Crippen LogP contribution in [0.15, 0.2) is 182 Å². The topological polar surface area (TPSA) is 171 Å². The Bertz CT molecular complexity index is 2710. The van der Waals surface area contributed by atoms with E-state index in [2.05, 4.69) is 20.7 Å². The molecule has 0 aliphatic carbocycles. The zero-order chi connectivity index (χ0) is 51.9. The van der Waals surface area contributed by atoms with Gasteiger partial charge in [0, 0.05) is 39.8 Å². The number of carboxylic acid groups (broad SMARTS) is 1. The van der Waals surface area contributed by atoms with Crippen molar-refractivity contribution in [1.82, 2.24) is 16.0 Å². The minimum absolute atomic E-state index is 0.0645. The number of aliphatic hydroxyl groups is 1. The number of nitrogens with one attached hydrogen (secondary N) is 3. The van der Waals surface area contributed by atoms with E-state index in [9.17, 15) is 24.0 Å². The van der Waals surface area contributed by atoms with Gasteiger partial charge in [-0.3, -0.25) is 24.0 Å². The van der Waals surface area contributed by atoms with Crippen molar-refractivity contribution >= 4 is 81.2 Å².